The monoisotopic (exact) mass is 431 g/mol. The van der Waals surface area contributed by atoms with Crippen LogP contribution in [0, 0.1) is 0 Å². The minimum atomic E-state index is -1.22. The summed E-state index contributed by atoms with van der Waals surface area (Å²) in [7, 11) is 0. The third kappa shape index (κ3) is 4.46. The summed E-state index contributed by atoms with van der Waals surface area (Å²) in [6.45, 7) is 2.51. The van der Waals surface area contributed by atoms with Crippen molar-refractivity contribution in [1.29, 1.82) is 0 Å². The normalized spacial score (nSPS) is 14.1. The Bertz CT molecular complexity index is 1330. The Kier molecular flexibility index (Phi) is 5.89. The molecule has 0 aliphatic heterocycles. The van der Waals surface area contributed by atoms with E-state index in [1.54, 1.807) is 18.2 Å². The third-order valence-corrected chi connectivity index (χ3v) is 5.08. The van der Waals surface area contributed by atoms with Gasteiger partial charge in [0.15, 0.2) is 5.43 Å². The number of rotatable bonds is 6. The molecule has 0 fully saturated rings. The van der Waals surface area contributed by atoms with Crippen molar-refractivity contribution in [3.05, 3.63) is 81.7 Å². The number of anilines is 1. The molecular weight excluding hydrogens is 410 g/mol. The van der Waals surface area contributed by atoms with Gasteiger partial charge in [0.1, 0.15) is 17.1 Å². The predicted octanol–water partition coefficient (Wildman–Crippen LogP) is 4.26. The molecule has 0 unspecified atom stereocenters. The molecule has 0 saturated carbocycles. The summed E-state index contributed by atoms with van der Waals surface area (Å²) in [4.78, 5) is 35.4. The zero-order chi connectivity index (χ0) is 22.7. The largest absolute Gasteiger partial charge is 0.494 e. The highest BCUT2D eigenvalue weighted by Gasteiger charge is 2.24. The van der Waals surface area contributed by atoms with Crippen molar-refractivity contribution in [2.24, 2.45) is 0 Å². The average molecular weight is 431 g/mol. The number of carbonyl (C=O) groups excluding carboxylic acids is 1. The lowest BCUT2D eigenvalue weighted by Gasteiger charge is -2.07. The highest BCUT2D eigenvalue weighted by atomic mass is 16.5. The van der Waals surface area contributed by atoms with Crippen LogP contribution < -0.4 is 15.5 Å². The maximum Gasteiger partial charge on any atom is 0.328 e. The highest BCUT2D eigenvalue weighted by molar-refractivity contribution is 6.03. The molecule has 3 aromatic rings. The molecule has 0 bridgehead atoms. The van der Waals surface area contributed by atoms with Gasteiger partial charge in [0.25, 0.3) is 0 Å². The molecule has 2 N–H and O–H groups in total. The van der Waals surface area contributed by atoms with Gasteiger partial charge in [-0.1, -0.05) is 12.1 Å². The smallest absolute Gasteiger partial charge is 0.328 e. The molecule has 32 heavy (non-hydrogen) atoms. The van der Waals surface area contributed by atoms with Gasteiger partial charge in [-0.3, -0.25) is 9.59 Å². The van der Waals surface area contributed by atoms with Gasteiger partial charge in [0.05, 0.1) is 12.0 Å². The van der Waals surface area contributed by atoms with Crippen molar-refractivity contribution < 1.29 is 23.8 Å². The molecule has 7 heteroatoms. The Morgan fingerprint density at radius 1 is 1.16 bits per heavy atom. The summed E-state index contributed by atoms with van der Waals surface area (Å²) in [6, 6.07) is 12.5. The molecule has 0 radical (unpaired) electrons. The lowest BCUT2D eigenvalue weighted by molar-refractivity contribution is -0.131. The van der Waals surface area contributed by atoms with E-state index in [1.807, 2.05) is 37.3 Å². The lowest BCUT2D eigenvalue weighted by Crippen LogP contribution is -2.11. The first-order chi connectivity index (χ1) is 15.4. The highest BCUT2D eigenvalue weighted by Crippen LogP contribution is 2.35. The van der Waals surface area contributed by atoms with Crippen LogP contribution in [0.3, 0.4) is 0 Å². The number of carboxylic acids is 1. The fraction of sp³-hybridized carbons (Fsp3) is 0.160. The number of carbonyl (C=O) groups is 2. The van der Waals surface area contributed by atoms with E-state index >= 15 is 0 Å². The van der Waals surface area contributed by atoms with E-state index in [2.05, 4.69) is 5.32 Å². The maximum absolute atomic E-state index is 13.0. The lowest BCUT2D eigenvalue weighted by atomic mass is 10.1. The number of amides is 1. The third-order valence-electron chi connectivity index (χ3n) is 5.08. The molecule has 0 atom stereocenters. The molecule has 1 aromatic heterocycles. The minimum Gasteiger partial charge on any atom is -0.494 e. The fourth-order valence-electron chi connectivity index (χ4n) is 3.70. The number of ether oxygens (including phenoxy) is 1. The van der Waals surface area contributed by atoms with E-state index in [0.717, 1.165) is 29.0 Å². The average Bonchev–Trinajstić information content (AvgIpc) is 3.15. The van der Waals surface area contributed by atoms with E-state index in [1.165, 1.54) is 0 Å². The number of allylic oxidation sites excluding steroid dienone is 1. The van der Waals surface area contributed by atoms with Crippen LogP contribution in [0.1, 0.15) is 30.2 Å². The van der Waals surface area contributed by atoms with Gasteiger partial charge in [0, 0.05) is 29.5 Å². The summed E-state index contributed by atoms with van der Waals surface area (Å²) < 4.78 is 11.7. The van der Waals surface area contributed by atoms with Gasteiger partial charge >= 0.3 is 5.97 Å². The maximum atomic E-state index is 13.0. The van der Waals surface area contributed by atoms with Crippen molar-refractivity contribution in [2.45, 2.75) is 19.8 Å². The number of fused-ring (bicyclic) bond motifs is 2. The molecule has 0 spiro atoms. The van der Waals surface area contributed by atoms with Gasteiger partial charge in [-0.2, -0.15) is 0 Å². The summed E-state index contributed by atoms with van der Waals surface area (Å²) >= 11 is 0. The number of benzene rings is 2. The van der Waals surface area contributed by atoms with E-state index in [0.29, 0.717) is 47.4 Å². The first-order valence-electron chi connectivity index (χ1n) is 10.2. The van der Waals surface area contributed by atoms with E-state index in [4.69, 9.17) is 14.3 Å². The molecule has 162 valence electrons. The number of nitrogens with one attached hydrogen (secondary N) is 1. The second-order valence-corrected chi connectivity index (χ2v) is 7.29. The Labute approximate surface area is 183 Å². The summed E-state index contributed by atoms with van der Waals surface area (Å²) in [5.41, 5.74) is 3.18. The first-order valence-corrected chi connectivity index (χ1v) is 10.2. The topological polar surface area (TPSA) is 106 Å². The standard InChI is InChI=1S/C25H21NO6/c1-2-31-18-5-3-4-15(13-18)12-16-6-8-20-24(30)19-9-7-17(14-21(19)32-25(16)20)26-22(27)10-11-23(28)29/h3-5,7,9-14H,2,6,8H2,1H3,(H,26,27)(H,28,29)/b11-10+,16-12?. The second kappa shape index (κ2) is 8.93. The Morgan fingerprint density at radius 2 is 2.00 bits per heavy atom. The Morgan fingerprint density at radius 3 is 2.78 bits per heavy atom. The van der Waals surface area contributed by atoms with Gasteiger partial charge in [-0.15, -0.1) is 0 Å². The molecular formula is C25H21NO6. The fourth-order valence-corrected chi connectivity index (χ4v) is 3.70. The van der Waals surface area contributed by atoms with Gasteiger partial charge in [-0.25, -0.2) is 4.79 Å². The van der Waals surface area contributed by atoms with Gasteiger partial charge < -0.3 is 19.6 Å². The van der Waals surface area contributed by atoms with Crippen molar-refractivity contribution in [3.8, 4) is 5.75 Å². The number of hydrogen-bond donors (Lipinski definition) is 2. The number of aliphatic carboxylic acids is 1. The van der Waals surface area contributed by atoms with Crippen LogP contribution in [0.25, 0.3) is 22.6 Å². The van der Waals surface area contributed by atoms with Crippen LogP contribution >= 0.6 is 0 Å². The zero-order valence-corrected chi connectivity index (χ0v) is 17.4. The van der Waals surface area contributed by atoms with Gasteiger partial charge in [-0.05, 0) is 61.2 Å². The van der Waals surface area contributed by atoms with Crippen LogP contribution in [0.4, 0.5) is 5.69 Å². The molecule has 7 nitrogen and oxygen atoms in total. The first kappa shape index (κ1) is 21.1. The predicted molar refractivity (Wildman–Crippen MR) is 122 cm³/mol. The van der Waals surface area contributed by atoms with Crippen LogP contribution in [0.2, 0.25) is 0 Å². The van der Waals surface area contributed by atoms with Crippen LogP contribution in [-0.4, -0.2) is 23.6 Å². The second-order valence-electron chi connectivity index (χ2n) is 7.29. The summed E-state index contributed by atoms with van der Waals surface area (Å²) in [5, 5.41) is 11.6. The molecule has 1 aliphatic carbocycles. The molecule has 1 heterocycles. The van der Waals surface area contributed by atoms with E-state index in [9.17, 15) is 14.4 Å². The quantitative estimate of drug-likeness (QED) is 0.565. The number of hydrogen-bond acceptors (Lipinski definition) is 5. The van der Waals surface area contributed by atoms with Crippen LogP contribution in [0.5, 0.6) is 5.75 Å². The minimum absolute atomic E-state index is 0.0867. The summed E-state index contributed by atoms with van der Waals surface area (Å²) in [6.07, 6.45) is 4.95. The van der Waals surface area contributed by atoms with Crippen molar-refractivity contribution >= 4 is 40.2 Å². The Balaban J connectivity index is 1.69. The molecule has 4 rings (SSSR count). The van der Waals surface area contributed by atoms with Gasteiger partial charge in [0.2, 0.25) is 5.91 Å². The molecule has 1 amide bonds. The van der Waals surface area contributed by atoms with E-state index in [-0.39, 0.29) is 5.43 Å². The van der Waals surface area contributed by atoms with Crippen molar-refractivity contribution in [3.63, 3.8) is 0 Å². The summed E-state index contributed by atoms with van der Waals surface area (Å²) in [5.74, 6) is -0.479. The SMILES string of the molecule is CCOc1cccc(C=C2CCc3c2oc2cc(NC(=O)/C=C/C(=O)O)ccc2c3=O)c1. The van der Waals surface area contributed by atoms with Crippen LogP contribution in [-0.2, 0) is 16.0 Å². The number of carboxylic acid groups (broad SMARTS) is 1. The molecule has 2 aromatic carbocycles. The molecule has 1 aliphatic rings. The van der Waals surface area contributed by atoms with Crippen LogP contribution in [0.15, 0.2) is 63.8 Å². The van der Waals surface area contributed by atoms with E-state index < -0.39 is 11.9 Å². The molecule has 0 saturated heterocycles. The zero-order valence-electron chi connectivity index (χ0n) is 17.4. The van der Waals surface area contributed by atoms with Crippen molar-refractivity contribution in [2.75, 3.05) is 11.9 Å². The Hall–Kier alpha value is -4.13. The van der Waals surface area contributed by atoms with Crippen molar-refractivity contribution in [1.82, 2.24) is 0 Å².